The summed E-state index contributed by atoms with van der Waals surface area (Å²) < 4.78 is 5.74. The summed E-state index contributed by atoms with van der Waals surface area (Å²) in [4.78, 5) is 2.41. The van der Waals surface area contributed by atoms with E-state index in [1.807, 2.05) is 12.1 Å². The van der Waals surface area contributed by atoms with Gasteiger partial charge in [0.25, 0.3) is 0 Å². The van der Waals surface area contributed by atoms with Crippen molar-refractivity contribution in [1.29, 1.82) is 0 Å². The molecule has 0 bridgehead atoms. The van der Waals surface area contributed by atoms with Crippen molar-refractivity contribution < 1.29 is 4.74 Å². The molecule has 0 spiro atoms. The third-order valence-electron chi connectivity index (χ3n) is 4.57. The number of ether oxygens (including phenoxy) is 1. The van der Waals surface area contributed by atoms with Crippen LogP contribution in [0, 0.1) is 11.3 Å². The van der Waals surface area contributed by atoms with Crippen molar-refractivity contribution in [3.63, 3.8) is 0 Å². The zero-order valence-corrected chi connectivity index (χ0v) is 14.0. The summed E-state index contributed by atoms with van der Waals surface area (Å²) in [5.41, 5.74) is 8.64. The van der Waals surface area contributed by atoms with E-state index in [1.54, 1.807) is 0 Å². The molecule has 3 nitrogen and oxygen atoms in total. The Morgan fingerprint density at radius 2 is 1.90 bits per heavy atom. The van der Waals surface area contributed by atoms with Crippen molar-refractivity contribution >= 4 is 11.4 Å². The van der Waals surface area contributed by atoms with E-state index in [4.69, 9.17) is 10.5 Å². The van der Waals surface area contributed by atoms with Crippen molar-refractivity contribution in [2.75, 3.05) is 30.3 Å². The third-order valence-corrected chi connectivity index (χ3v) is 4.57. The lowest BCUT2D eigenvalue weighted by atomic mass is 9.75. The number of rotatable bonds is 4. The number of piperidine rings is 1. The highest BCUT2D eigenvalue weighted by atomic mass is 16.5. The van der Waals surface area contributed by atoms with Crippen LogP contribution in [0.25, 0.3) is 0 Å². The summed E-state index contributed by atoms with van der Waals surface area (Å²) in [6.45, 7) is 12.0. The Labute approximate surface area is 129 Å². The molecule has 0 radical (unpaired) electrons. The summed E-state index contributed by atoms with van der Waals surface area (Å²) >= 11 is 0. The van der Waals surface area contributed by atoms with Gasteiger partial charge in [-0.1, -0.05) is 33.8 Å². The minimum absolute atomic E-state index is 0.406. The molecule has 2 N–H and O–H groups in total. The second-order valence-electron chi connectivity index (χ2n) is 7.16. The number of nitrogens with zero attached hydrogens (tertiary/aromatic N) is 1. The Kier molecular flexibility index (Phi) is 5.02. The van der Waals surface area contributed by atoms with Gasteiger partial charge in [0, 0.05) is 13.1 Å². The molecule has 2 rings (SSSR count). The van der Waals surface area contributed by atoms with Crippen LogP contribution in [-0.2, 0) is 0 Å². The summed E-state index contributed by atoms with van der Waals surface area (Å²) in [6.07, 6.45) is 3.48. The number of hydrogen-bond donors (Lipinski definition) is 1. The summed E-state index contributed by atoms with van der Waals surface area (Å²) in [5.74, 6) is 1.63. The number of hydrogen-bond acceptors (Lipinski definition) is 3. The Morgan fingerprint density at radius 1 is 1.24 bits per heavy atom. The van der Waals surface area contributed by atoms with Crippen LogP contribution in [0.1, 0.15) is 47.0 Å². The van der Waals surface area contributed by atoms with Gasteiger partial charge in [-0.3, -0.25) is 0 Å². The third kappa shape index (κ3) is 3.84. The Bertz CT molecular complexity index is 457. The molecule has 1 fully saturated rings. The summed E-state index contributed by atoms with van der Waals surface area (Å²) in [5, 5.41) is 0. The second kappa shape index (κ2) is 6.59. The maximum absolute atomic E-state index is 6.31. The van der Waals surface area contributed by atoms with Crippen LogP contribution in [0.2, 0.25) is 0 Å². The van der Waals surface area contributed by atoms with E-state index in [0.29, 0.717) is 5.41 Å². The molecule has 1 saturated heterocycles. The van der Waals surface area contributed by atoms with E-state index in [1.165, 1.54) is 12.8 Å². The lowest BCUT2D eigenvalue weighted by Gasteiger charge is -2.40. The van der Waals surface area contributed by atoms with Gasteiger partial charge in [0.05, 0.1) is 18.0 Å². The maximum atomic E-state index is 6.31. The average Bonchev–Trinajstić information content (AvgIpc) is 2.45. The van der Waals surface area contributed by atoms with E-state index >= 15 is 0 Å². The molecule has 0 saturated carbocycles. The van der Waals surface area contributed by atoms with Crippen LogP contribution < -0.4 is 15.4 Å². The highest BCUT2D eigenvalue weighted by Gasteiger charge is 2.29. The van der Waals surface area contributed by atoms with Gasteiger partial charge >= 0.3 is 0 Å². The Hall–Kier alpha value is -1.38. The monoisotopic (exact) mass is 290 g/mol. The van der Waals surface area contributed by atoms with E-state index in [9.17, 15) is 0 Å². The lowest BCUT2D eigenvalue weighted by Crippen LogP contribution is -2.38. The largest absolute Gasteiger partial charge is 0.491 e. The molecule has 0 aliphatic carbocycles. The van der Waals surface area contributed by atoms with Crippen LogP contribution in [0.15, 0.2) is 18.2 Å². The minimum atomic E-state index is 0.406. The van der Waals surface area contributed by atoms with Crippen molar-refractivity contribution in [3.8, 4) is 5.75 Å². The van der Waals surface area contributed by atoms with Crippen LogP contribution >= 0.6 is 0 Å². The van der Waals surface area contributed by atoms with E-state index in [0.717, 1.165) is 49.2 Å². The van der Waals surface area contributed by atoms with Crippen LogP contribution in [0.4, 0.5) is 11.4 Å². The van der Waals surface area contributed by atoms with Crippen molar-refractivity contribution in [2.45, 2.75) is 47.0 Å². The predicted molar refractivity (Wildman–Crippen MR) is 91.0 cm³/mol. The van der Waals surface area contributed by atoms with Gasteiger partial charge in [0.15, 0.2) is 0 Å². The predicted octanol–water partition coefficient (Wildman–Crippen LogP) is 4.32. The summed E-state index contributed by atoms with van der Waals surface area (Å²) in [7, 11) is 0. The first-order chi connectivity index (χ1) is 9.93. The molecule has 1 aromatic carbocycles. The van der Waals surface area contributed by atoms with Crippen LogP contribution in [0.5, 0.6) is 5.75 Å². The quantitative estimate of drug-likeness (QED) is 0.839. The zero-order valence-electron chi connectivity index (χ0n) is 14.0. The lowest BCUT2D eigenvalue weighted by molar-refractivity contribution is 0.199. The molecule has 118 valence electrons. The minimum Gasteiger partial charge on any atom is -0.491 e. The normalized spacial score (nSPS) is 17.0. The molecule has 0 aromatic heterocycles. The molecular formula is C18H30N2O. The average molecular weight is 290 g/mol. The molecular weight excluding hydrogens is 260 g/mol. The van der Waals surface area contributed by atoms with Gasteiger partial charge in [0.1, 0.15) is 5.75 Å². The van der Waals surface area contributed by atoms with Gasteiger partial charge in [0.2, 0.25) is 0 Å². The van der Waals surface area contributed by atoms with Gasteiger partial charge in [-0.05, 0) is 42.7 Å². The molecule has 0 amide bonds. The van der Waals surface area contributed by atoms with E-state index in [-0.39, 0.29) is 0 Å². The first kappa shape index (κ1) is 16.0. The fourth-order valence-electron chi connectivity index (χ4n) is 3.13. The van der Waals surface area contributed by atoms with Crippen LogP contribution in [0.3, 0.4) is 0 Å². The molecule has 21 heavy (non-hydrogen) atoms. The number of para-hydroxylation sites is 1. The zero-order chi connectivity index (χ0) is 15.5. The smallest absolute Gasteiger partial charge is 0.144 e. The van der Waals surface area contributed by atoms with E-state index in [2.05, 4.69) is 38.7 Å². The van der Waals surface area contributed by atoms with E-state index < -0.39 is 0 Å². The van der Waals surface area contributed by atoms with Crippen molar-refractivity contribution in [1.82, 2.24) is 0 Å². The molecule has 1 heterocycles. The highest BCUT2D eigenvalue weighted by Crippen LogP contribution is 2.38. The molecule has 0 unspecified atom stereocenters. The number of nitrogens with two attached hydrogens (primary N) is 1. The van der Waals surface area contributed by atoms with Crippen molar-refractivity contribution in [2.24, 2.45) is 11.3 Å². The highest BCUT2D eigenvalue weighted by molar-refractivity contribution is 5.74. The SMILES string of the molecule is CCCOc1cccc(N2CCC(C(C)(C)C)CC2)c1N. The number of benzene rings is 1. The molecule has 1 aromatic rings. The molecule has 0 atom stereocenters. The van der Waals surface area contributed by atoms with Gasteiger partial charge in [-0.15, -0.1) is 0 Å². The van der Waals surface area contributed by atoms with Gasteiger partial charge in [-0.25, -0.2) is 0 Å². The Morgan fingerprint density at radius 3 is 2.48 bits per heavy atom. The van der Waals surface area contributed by atoms with Crippen molar-refractivity contribution in [3.05, 3.63) is 18.2 Å². The fourth-order valence-corrected chi connectivity index (χ4v) is 3.13. The standard InChI is InChI=1S/C18H30N2O/c1-5-13-21-16-8-6-7-15(17(16)19)20-11-9-14(10-12-20)18(2,3)4/h6-8,14H,5,9-13,19H2,1-4H3. The van der Waals surface area contributed by atoms with Crippen LogP contribution in [-0.4, -0.2) is 19.7 Å². The fraction of sp³-hybridized carbons (Fsp3) is 0.667. The maximum Gasteiger partial charge on any atom is 0.144 e. The van der Waals surface area contributed by atoms with Gasteiger partial charge in [-0.2, -0.15) is 0 Å². The second-order valence-corrected chi connectivity index (χ2v) is 7.16. The number of anilines is 2. The molecule has 1 aliphatic heterocycles. The molecule has 1 aliphatic rings. The Balaban J connectivity index is 2.06. The van der Waals surface area contributed by atoms with Gasteiger partial charge < -0.3 is 15.4 Å². The first-order valence-electron chi connectivity index (χ1n) is 8.19. The summed E-state index contributed by atoms with van der Waals surface area (Å²) in [6, 6.07) is 6.13. The number of nitrogen functional groups attached to an aromatic ring is 1. The topological polar surface area (TPSA) is 38.5 Å². The molecule has 3 heteroatoms. The first-order valence-corrected chi connectivity index (χ1v) is 8.19.